The van der Waals surface area contributed by atoms with Gasteiger partial charge in [-0.2, -0.15) is 5.10 Å². The number of aromatic nitrogens is 2. The van der Waals surface area contributed by atoms with Crippen molar-refractivity contribution in [3.63, 3.8) is 0 Å². The number of benzene rings is 1. The molecule has 6 nitrogen and oxygen atoms in total. The van der Waals surface area contributed by atoms with Crippen LogP contribution in [0.1, 0.15) is 34.5 Å². The lowest BCUT2D eigenvalue weighted by atomic mass is 10.2. The first-order valence-electron chi connectivity index (χ1n) is 7.98. The summed E-state index contributed by atoms with van der Waals surface area (Å²) in [6, 6.07) is 5.30. The van der Waals surface area contributed by atoms with Crippen LogP contribution in [0.5, 0.6) is 11.5 Å². The second-order valence-corrected chi connectivity index (χ2v) is 5.92. The Labute approximate surface area is 134 Å². The second-order valence-electron chi connectivity index (χ2n) is 5.92. The van der Waals surface area contributed by atoms with Gasteiger partial charge in [0.1, 0.15) is 5.82 Å². The number of nitrogens with zero attached hydrogens (tertiary/aromatic N) is 2. The van der Waals surface area contributed by atoms with Crippen molar-refractivity contribution in [3.8, 4) is 11.5 Å². The van der Waals surface area contributed by atoms with Crippen LogP contribution in [0.25, 0.3) is 0 Å². The normalized spacial score (nSPS) is 15.9. The van der Waals surface area contributed by atoms with Crippen molar-refractivity contribution in [2.24, 2.45) is 7.05 Å². The summed E-state index contributed by atoms with van der Waals surface area (Å²) in [5, 5.41) is 7.47. The van der Waals surface area contributed by atoms with Crippen molar-refractivity contribution in [1.82, 2.24) is 9.78 Å². The maximum atomic E-state index is 12.6. The molecule has 0 atom stereocenters. The third-order valence-electron chi connectivity index (χ3n) is 4.31. The van der Waals surface area contributed by atoms with Crippen molar-refractivity contribution in [3.05, 3.63) is 35.0 Å². The van der Waals surface area contributed by atoms with Crippen LogP contribution < -0.4 is 14.8 Å². The monoisotopic (exact) mass is 313 g/mol. The van der Waals surface area contributed by atoms with E-state index in [9.17, 15) is 4.79 Å². The van der Waals surface area contributed by atoms with Gasteiger partial charge in [-0.1, -0.05) is 0 Å². The van der Waals surface area contributed by atoms with E-state index in [4.69, 9.17) is 9.47 Å². The minimum absolute atomic E-state index is 0.154. The van der Waals surface area contributed by atoms with E-state index in [1.165, 1.54) is 0 Å². The summed E-state index contributed by atoms with van der Waals surface area (Å²) >= 11 is 0. The van der Waals surface area contributed by atoms with Gasteiger partial charge in [0.15, 0.2) is 11.5 Å². The summed E-state index contributed by atoms with van der Waals surface area (Å²) in [6.45, 7) is 1.24. The predicted molar refractivity (Wildman–Crippen MR) is 85.2 cm³/mol. The summed E-state index contributed by atoms with van der Waals surface area (Å²) < 4.78 is 13.0. The Bertz CT molecular complexity index is 767. The molecule has 120 valence electrons. The number of carbonyl (C=O) groups excluding carboxylic acids is 1. The second kappa shape index (κ2) is 5.61. The molecule has 1 aromatic heterocycles. The molecule has 0 radical (unpaired) electrons. The summed E-state index contributed by atoms with van der Waals surface area (Å²) in [6.07, 6.45) is 3.91. The van der Waals surface area contributed by atoms with Crippen LogP contribution in [0.2, 0.25) is 0 Å². The molecule has 1 aliphatic carbocycles. The zero-order valence-corrected chi connectivity index (χ0v) is 13.1. The molecule has 4 rings (SSSR count). The van der Waals surface area contributed by atoms with Gasteiger partial charge in [0.05, 0.1) is 18.9 Å². The standard InChI is InChI=1S/C17H19N3O3/c1-20-16(12-4-2-5-13(12)19-20)18-17(21)11-6-7-14-15(10-11)23-9-3-8-22-14/h6-7,10H,2-5,8-9H2,1H3,(H,18,21). The molecule has 0 fully saturated rings. The number of anilines is 1. The fourth-order valence-electron chi connectivity index (χ4n) is 3.16. The first kappa shape index (κ1) is 14.1. The Morgan fingerprint density at radius 3 is 2.87 bits per heavy atom. The fraction of sp³-hybridized carbons (Fsp3) is 0.412. The minimum atomic E-state index is -0.154. The lowest BCUT2D eigenvalue weighted by molar-refractivity contribution is 0.102. The number of amides is 1. The Morgan fingerprint density at radius 2 is 2.00 bits per heavy atom. The number of carbonyl (C=O) groups is 1. The van der Waals surface area contributed by atoms with Gasteiger partial charge in [0.25, 0.3) is 5.91 Å². The largest absolute Gasteiger partial charge is 0.490 e. The molecule has 1 N–H and O–H groups in total. The van der Waals surface area contributed by atoms with Gasteiger partial charge in [-0.3, -0.25) is 9.48 Å². The molecule has 0 bridgehead atoms. The van der Waals surface area contributed by atoms with Crippen LogP contribution in [0.4, 0.5) is 5.82 Å². The maximum absolute atomic E-state index is 12.6. The van der Waals surface area contributed by atoms with E-state index >= 15 is 0 Å². The van der Waals surface area contributed by atoms with Crippen molar-refractivity contribution in [1.29, 1.82) is 0 Å². The topological polar surface area (TPSA) is 65.4 Å². The lowest BCUT2D eigenvalue weighted by Crippen LogP contribution is -2.16. The van der Waals surface area contributed by atoms with Gasteiger partial charge in [-0.25, -0.2) is 0 Å². The molecule has 23 heavy (non-hydrogen) atoms. The zero-order chi connectivity index (χ0) is 15.8. The molecular weight excluding hydrogens is 294 g/mol. The van der Waals surface area contributed by atoms with Gasteiger partial charge < -0.3 is 14.8 Å². The predicted octanol–water partition coefficient (Wildman–Crippen LogP) is 2.32. The Kier molecular flexibility index (Phi) is 3.44. The van der Waals surface area contributed by atoms with E-state index in [-0.39, 0.29) is 5.91 Å². The molecule has 6 heteroatoms. The van der Waals surface area contributed by atoms with Crippen molar-refractivity contribution in [2.45, 2.75) is 25.7 Å². The average Bonchev–Trinajstić information content (AvgIpc) is 3.01. The van der Waals surface area contributed by atoms with Gasteiger partial charge in [-0.05, 0) is 37.5 Å². The number of ether oxygens (including phenoxy) is 2. The molecule has 1 aromatic carbocycles. The van der Waals surface area contributed by atoms with Gasteiger partial charge >= 0.3 is 0 Å². The number of rotatable bonds is 2. The molecule has 2 aromatic rings. The van der Waals surface area contributed by atoms with Crippen LogP contribution in [0.15, 0.2) is 18.2 Å². The average molecular weight is 313 g/mol. The highest BCUT2D eigenvalue weighted by Gasteiger charge is 2.23. The SMILES string of the molecule is Cn1nc2c(c1NC(=O)c1ccc3c(c1)OCCCO3)CCC2. The van der Waals surface area contributed by atoms with E-state index in [0.717, 1.165) is 42.8 Å². The van der Waals surface area contributed by atoms with Gasteiger partial charge in [0.2, 0.25) is 0 Å². The summed E-state index contributed by atoms with van der Waals surface area (Å²) in [7, 11) is 1.86. The molecule has 0 unspecified atom stereocenters. The highest BCUT2D eigenvalue weighted by atomic mass is 16.5. The minimum Gasteiger partial charge on any atom is -0.490 e. The molecule has 0 saturated heterocycles. The zero-order valence-electron chi connectivity index (χ0n) is 13.1. The Morgan fingerprint density at radius 1 is 1.17 bits per heavy atom. The van der Waals surface area contributed by atoms with Crippen LogP contribution in [0, 0.1) is 0 Å². The first-order chi connectivity index (χ1) is 11.2. The Hall–Kier alpha value is -2.50. The number of hydrogen-bond donors (Lipinski definition) is 1. The van der Waals surface area contributed by atoms with Crippen molar-refractivity contribution in [2.75, 3.05) is 18.5 Å². The van der Waals surface area contributed by atoms with E-state index in [0.29, 0.717) is 30.3 Å². The molecular formula is C17H19N3O3. The van der Waals surface area contributed by atoms with Crippen molar-refractivity contribution >= 4 is 11.7 Å². The van der Waals surface area contributed by atoms with Gasteiger partial charge in [0, 0.05) is 24.6 Å². The smallest absolute Gasteiger partial charge is 0.256 e. The van der Waals surface area contributed by atoms with Crippen LogP contribution in [-0.2, 0) is 19.9 Å². The highest BCUT2D eigenvalue weighted by molar-refractivity contribution is 6.04. The third-order valence-corrected chi connectivity index (χ3v) is 4.31. The Balaban J connectivity index is 1.59. The molecule has 0 spiro atoms. The molecule has 2 aliphatic rings. The fourth-order valence-corrected chi connectivity index (χ4v) is 3.16. The quantitative estimate of drug-likeness (QED) is 0.924. The van der Waals surface area contributed by atoms with Crippen molar-refractivity contribution < 1.29 is 14.3 Å². The van der Waals surface area contributed by atoms with E-state index in [2.05, 4.69) is 10.4 Å². The maximum Gasteiger partial charge on any atom is 0.256 e. The molecule has 0 saturated carbocycles. The first-order valence-corrected chi connectivity index (χ1v) is 7.98. The van der Waals surface area contributed by atoms with Crippen LogP contribution in [-0.4, -0.2) is 28.9 Å². The summed E-state index contributed by atoms with van der Waals surface area (Å²) in [5.74, 6) is 1.97. The third kappa shape index (κ3) is 2.54. The van der Waals surface area contributed by atoms with Crippen LogP contribution >= 0.6 is 0 Å². The number of hydrogen-bond acceptors (Lipinski definition) is 4. The van der Waals surface area contributed by atoms with E-state index in [1.54, 1.807) is 22.9 Å². The summed E-state index contributed by atoms with van der Waals surface area (Å²) in [5.41, 5.74) is 2.82. The van der Waals surface area contributed by atoms with E-state index < -0.39 is 0 Å². The van der Waals surface area contributed by atoms with Gasteiger partial charge in [-0.15, -0.1) is 0 Å². The molecule has 1 aliphatic heterocycles. The highest BCUT2D eigenvalue weighted by Crippen LogP contribution is 2.32. The van der Waals surface area contributed by atoms with Crippen LogP contribution in [0.3, 0.4) is 0 Å². The number of aryl methyl sites for hydroxylation is 2. The van der Waals surface area contributed by atoms with E-state index in [1.807, 2.05) is 7.05 Å². The summed E-state index contributed by atoms with van der Waals surface area (Å²) in [4.78, 5) is 12.6. The molecule has 1 amide bonds. The number of nitrogens with one attached hydrogen (secondary N) is 1. The molecule has 2 heterocycles. The number of fused-ring (bicyclic) bond motifs is 2. The lowest BCUT2D eigenvalue weighted by Gasteiger charge is -2.11.